The molecule has 4 rings (SSSR count). The van der Waals surface area contributed by atoms with E-state index in [0.29, 0.717) is 17.6 Å². The molecule has 7 nitrogen and oxygen atoms in total. The Morgan fingerprint density at radius 1 is 1.29 bits per heavy atom. The van der Waals surface area contributed by atoms with Gasteiger partial charge in [0.15, 0.2) is 5.82 Å². The van der Waals surface area contributed by atoms with Crippen molar-refractivity contribution < 1.29 is 9.59 Å². The first kappa shape index (κ1) is 12.8. The highest BCUT2D eigenvalue weighted by Gasteiger charge is 2.60. The SMILES string of the molecule is Cc1nc(CN2C(=O)NC3(CC(C4CCC4)C3)C2=O)n[nH]1. The molecular formula is C14H19N5O2. The number of amides is 3. The number of hydrogen-bond donors (Lipinski definition) is 2. The van der Waals surface area contributed by atoms with E-state index in [0.717, 1.165) is 18.8 Å². The van der Waals surface area contributed by atoms with Crippen molar-refractivity contribution in [1.29, 1.82) is 0 Å². The first-order valence-electron chi connectivity index (χ1n) is 7.59. The van der Waals surface area contributed by atoms with Gasteiger partial charge in [-0.15, -0.1) is 0 Å². The summed E-state index contributed by atoms with van der Waals surface area (Å²) in [6.07, 6.45) is 5.47. The van der Waals surface area contributed by atoms with E-state index < -0.39 is 5.54 Å². The smallest absolute Gasteiger partial charge is 0.323 e. The molecule has 112 valence electrons. The van der Waals surface area contributed by atoms with Crippen molar-refractivity contribution in [1.82, 2.24) is 25.4 Å². The maximum Gasteiger partial charge on any atom is 0.325 e. The molecule has 2 saturated carbocycles. The van der Waals surface area contributed by atoms with Crippen molar-refractivity contribution >= 4 is 11.9 Å². The van der Waals surface area contributed by atoms with Gasteiger partial charge in [-0.25, -0.2) is 9.78 Å². The number of nitrogens with zero attached hydrogens (tertiary/aromatic N) is 3. The van der Waals surface area contributed by atoms with E-state index in [1.807, 2.05) is 0 Å². The summed E-state index contributed by atoms with van der Waals surface area (Å²) < 4.78 is 0. The summed E-state index contributed by atoms with van der Waals surface area (Å²) in [5.41, 5.74) is -0.636. The molecule has 3 aliphatic rings. The molecule has 2 aliphatic carbocycles. The zero-order valence-electron chi connectivity index (χ0n) is 12.1. The normalized spacial score (nSPS) is 32.2. The lowest BCUT2D eigenvalue weighted by Crippen LogP contribution is -2.59. The Morgan fingerprint density at radius 3 is 2.62 bits per heavy atom. The maximum absolute atomic E-state index is 12.6. The first-order chi connectivity index (χ1) is 10.1. The van der Waals surface area contributed by atoms with Crippen LogP contribution in [0.1, 0.15) is 43.8 Å². The highest BCUT2D eigenvalue weighted by molar-refractivity contribution is 6.07. The predicted octanol–water partition coefficient (Wildman–Crippen LogP) is 1.11. The van der Waals surface area contributed by atoms with Crippen molar-refractivity contribution in [2.24, 2.45) is 11.8 Å². The topological polar surface area (TPSA) is 91.0 Å². The van der Waals surface area contributed by atoms with Gasteiger partial charge in [0.25, 0.3) is 5.91 Å². The number of aryl methyl sites for hydroxylation is 1. The van der Waals surface area contributed by atoms with E-state index in [1.54, 1.807) is 6.92 Å². The number of nitrogens with one attached hydrogen (secondary N) is 2. The van der Waals surface area contributed by atoms with Crippen molar-refractivity contribution in [2.75, 3.05) is 0 Å². The van der Waals surface area contributed by atoms with E-state index in [4.69, 9.17) is 0 Å². The zero-order valence-corrected chi connectivity index (χ0v) is 12.1. The number of H-pyrrole nitrogens is 1. The van der Waals surface area contributed by atoms with Gasteiger partial charge in [0.1, 0.15) is 11.4 Å². The molecule has 2 N–H and O–H groups in total. The molecular weight excluding hydrogens is 270 g/mol. The third-order valence-corrected chi connectivity index (χ3v) is 5.23. The summed E-state index contributed by atoms with van der Waals surface area (Å²) >= 11 is 0. The number of carbonyl (C=O) groups is 2. The van der Waals surface area contributed by atoms with E-state index in [9.17, 15) is 9.59 Å². The largest absolute Gasteiger partial charge is 0.325 e. The Morgan fingerprint density at radius 2 is 2.05 bits per heavy atom. The lowest BCUT2D eigenvalue weighted by molar-refractivity contribution is -0.138. The summed E-state index contributed by atoms with van der Waals surface area (Å²) in [5, 5.41) is 9.62. The second kappa shape index (κ2) is 4.29. The molecule has 0 atom stereocenters. The van der Waals surface area contributed by atoms with E-state index in [-0.39, 0.29) is 18.5 Å². The fourth-order valence-corrected chi connectivity index (χ4v) is 3.78. The molecule has 21 heavy (non-hydrogen) atoms. The molecule has 1 spiro atoms. The average Bonchev–Trinajstić information content (AvgIpc) is 2.84. The van der Waals surface area contributed by atoms with Gasteiger partial charge >= 0.3 is 6.03 Å². The van der Waals surface area contributed by atoms with Crippen molar-refractivity contribution in [3.63, 3.8) is 0 Å². The number of hydrogen-bond acceptors (Lipinski definition) is 4. The number of carbonyl (C=O) groups excluding carboxylic acids is 2. The van der Waals surface area contributed by atoms with Crippen LogP contribution in [0.3, 0.4) is 0 Å². The van der Waals surface area contributed by atoms with E-state index in [2.05, 4.69) is 20.5 Å². The van der Waals surface area contributed by atoms with E-state index >= 15 is 0 Å². The van der Waals surface area contributed by atoms with Crippen molar-refractivity contribution in [2.45, 2.75) is 51.1 Å². The number of urea groups is 1. The second-order valence-electron chi connectivity index (χ2n) is 6.60. The van der Waals surface area contributed by atoms with E-state index in [1.165, 1.54) is 24.2 Å². The Labute approximate surface area is 122 Å². The third kappa shape index (κ3) is 1.86. The minimum Gasteiger partial charge on any atom is -0.323 e. The predicted molar refractivity (Wildman–Crippen MR) is 73.0 cm³/mol. The second-order valence-corrected chi connectivity index (χ2v) is 6.60. The first-order valence-corrected chi connectivity index (χ1v) is 7.59. The van der Waals surface area contributed by atoms with Crippen LogP contribution in [0.25, 0.3) is 0 Å². The zero-order chi connectivity index (χ0) is 14.6. The number of rotatable bonds is 3. The van der Waals surface area contributed by atoms with Crippen LogP contribution in [0.5, 0.6) is 0 Å². The molecule has 3 amide bonds. The molecule has 1 saturated heterocycles. The van der Waals surface area contributed by atoms with Gasteiger partial charge in [-0.05, 0) is 31.6 Å². The fraction of sp³-hybridized carbons (Fsp3) is 0.714. The quantitative estimate of drug-likeness (QED) is 0.816. The molecule has 0 radical (unpaired) electrons. The molecule has 0 unspecified atom stereocenters. The average molecular weight is 289 g/mol. The summed E-state index contributed by atoms with van der Waals surface area (Å²) in [6.45, 7) is 1.93. The maximum atomic E-state index is 12.6. The number of imide groups is 1. The summed E-state index contributed by atoms with van der Waals surface area (Å²) in [7, 11) is 0. The van der Waals surface area contributed by atoms with Gasteiger partial charge in [0, 0.05) is 0 Å². The molecule has 0 bridgehead atoms. The van der Waals surface area contributed by atoms with Crippen LogP contribution in [-0.2, 0) is 11.3 Å². The van der Waals surface area contributed by atoms with Gasteiger partial charge in [0.05, 0.1) is 6.54 Å². The lowest BCUT2D eigenvalue weighted by atomic mass is 9.58. The monoisotopic (exact) mass is 289 g/mol. The third-order valence-electron chi connectivity index (χ3n) is 5.23. The molecule has 7 heteroatoms. The highest BCUT2D eigenvalue weighted by atomic mass is 16.2. The minimum absolute atomic E-state index is 0.106. The van der Waals surface area contributed by atoms with Crippen LogP contribution in [0.15, 0.2) is 0 Å². The minimum atomic E-state index is -0.636. The number of aromatic nitrogens is 3. The van der Waals surface area contributed by atoms with Crippen LogP contribution in [0.4, 0.5) is 4.79 Å². The summed E-state index contributed by atoms with van der Waals surface area (Å²) in [6, 6.07) is -0.311. The van der Waals surface area contributed by atoms with Crippen molar-refractivity contribution in [3.05, 3.63) is 11.6 Å². The summed E-state index contributed by atoms with van der Waals surface area (Å²) in [4.78, 5) is 30.1. The van der Waals surface area contributed by atoms with Crippen LogP contribution in [0, 0.1) is 18.8 Å². The number of aromatic amines is 1. The Bertz CT molecular complexity index is 600. The molecule has 1 aliphatic heterocycles. The van der Waals surface area contributed by atoms with Crippen LogP contribution in [0.2, 0.25) is 0 Å². The summed E-state index contributed by atoms with van der Waals surface area (Å²) in [5.74, 6) is 2.42. The molecule has 1 aromatic heterocycles. The molecule has 0 aromatic carbocycles. The standard InChI is InChI=1S/C14H19N5O2/c1-8-15-11(18-17-8)7-19-12(20)14(16-13(19)21)5-10(6-14)9-3-2-4-9/h9-10H,2-7H2,1H3,(H,16,21)(H,15,17,18). The molecule has 2 heterocycles. The molecule has 3 fully saturated rings. The van der Waals surface area contributed by atoms with Crippen LogP contribution < -0.4 is 5.32 Å². The van der Waals surface area contributed by atoms with Crippen molar-refractivity contribution in [3.8, 4) is 0 Å². The Kier molecular flexibility index (Phi) is 2.61. The van der Waals surface area contributed by atoms with Gasteiger partial charge in [-0.3, -0.25) is 14.8 Å². The lowest BCUT2D eigenvalue weighted by Gasteiger charge is -2.49. The van der Waals surface area contributed by atoms with Gasteiger partial charge in [-0.2, -0.15) is 5.10 Å². The van der Waals surface area contributed by atoms with Crippen LogP contribution >= 0.6 is 0 Å². The van der Waals surface area contributed by atoms with Gasteiger partial charge in [0.2, 0.25) is 0 Å². The Balaban J connectivity index is 1.45. The van der Waals surface area contributed by atoms with Gasteiger partial charge < -0.3 is 5.32 Å². The molecule has 1 aromatic rings. The fourth-order valence-electron chi connectivity index (χ4n) is 3.78. The highest BCUT2D eigenvalue weighted by Crippen LogP contribution is 2.50. The van der Waals surface area contributed by atoms with Crippen LogP contribution in [-0.4, -0.2) is 37.6 Å². The van der Waals surface area contributed by atoms with Gasteiger partial charge in [-0.1, -0.05) is 19.3 Å². The Hall–Kier alpha value is -1.92.